The topological polar surface area (TPSA) is 49.8 Å². The predicted octanol–water partition coefficient (Wildman–Crippen LogP) is 10.1. The molecule has 0 amide bonds. The molecule has 246 valence electrons. The van der Waals surface area contributed by atoms with Crippen LogP contribution in [0.4, 0.5) is 13.2 Å². The van der Waals surface area contributed by atoms with Gasteiger partial charge < -0.3 is 9.84 Å². The summed E-state index contributed by atoms with van der Waals surface area (Å²) < 4.78 is 47.0. The lowest BCUT2D eigenvalue weighted by atomic mass is 9.90. The van der Waals surface area contributed by atoms with Gasteiger partial charge in [0.1, 0.15) is 5.75 Å². The number of hydrogen-bond donors (Lipinski definition) is 1. The average molecular weight is 675 g/mol. The highest BCUT2D eigenvalue weighted by atomic mass is 35.5. The molecule has 4 aromatic carbocycles. The normalized spacial score (nSPS) is 12.3. The number of carbonyl (C=O) groups is 1. The fourth-order valence-corrected chi connectivity index (χ4v) is 5.87. The van der Waals surface area contributed by atoms with E-state index in [-0.39, 0.29) is 35.8 Å². The number of aliphatic carboxylic acids is 1. The fraction of sp³-hybridized carbons (Fsp3) is 0.324. The Bertz CT molecular complexity index is 1480. The highest BCUT2D eigenvalue weighted by Crippen LogP contribution is 2.37. The van der Waals surface area contributed by atoms with Crippen molar-refractivity contribution in [3.8, 4) is 5.75 Å². The largest absolute Gasteiger partial charge is 0.494 e. The van der Waals surface area contributed by atoms with Crippen LogP contribution in [0, 0.1) is 5.92 Å². The van der Waals surface area contributed by atoms with Crippen LogP contribution in [0.3, 0.4) is 0 Å². The molecule has 1 N–H and O–H groups in total. The van der Waals surface area contributed by atoms with Gasteiger partial charge in [-0.2, -0.15) is 13.2 Å². The van der Waals surface area contributed by atoms with E-state index in [4.69, 9.17) is 16.3 Å². The van der Waals surface area contributed by atoms with Gasteiger partial charge in [-0.15, -0.1) is 12.4 Å². The van der Waals surface area contributed by atoms with Crippen LogP contribution >= 0.6 is 24.0 Å². The third-order valence-electron chi connectivity index (χ3n) is 7.78. The Labute approximate surface area is 280 Å². The van der Waals surface area contributed by atoms with Gasteiger partial charge >= 0.3 is 12.1 Å². The fourth-order valence-electron chi connectivity index (χ4n) is 5.58. The van der Waals surface area contributed by atoms with Gasteiger partial charge in [-0.1, -0.05) is 110 Å². The third-order valence-corrected chi connectivity index (χ3v) is 8.22. The van der Waals surface area contributed by atoms with Crippen LogP contribution < -0.4 is 4.74 Å². The summed E-state index contributed by atoms with van der Waals surface area (Å²) in [6.07, 6.45) is -3.44. The van der Waals surface area contributed by atoms with E-state index in [1.54, 1.807) is 24.3 Å². The molecular weight excluding hydrogens is 634 g/mol. The minimum absolute atomic E-state index is 0. The lowest BCUT2D eigenvalue weighted by molar-refractivity contribution is -0.139. The number of benzene rings is 4. The number of hydrogen-bond acceptors (Lipinski definition) is 3. The highest BCUT2D eigenvalue weighted by molar-refractivity contribution is 6.32. The van der Waals surface area contributed by atoms with Gasteiger partial charge in [0.25, 0.3) is 0 Å². The Morgan fingerprint density at radius 2 is 1.46 bits per heavy atom. The minimum Gasteiger partial charge on any atom is -0.494 e. The molecule has 0 aliphatic carbocycles. The van der Waals surface area contributed by atoms with E-state index in [1.165, 1.54) is 6.07 Å². The predicted molar refractivity (Wildman–Crippen MR) is 180 cm³/mol. The molecule has 0 aliphatic heterocycles. The zero-order valence-corrected chi connectivity index (χ0v) is 27.5. The van der Waals surface area contributed by atoms with Crippen molar-refractivity contribution in [2.24, 2.45) is 5.92 Å². The highest BCUT2D eigenvalue weighted by Gasteiger charge is 2.34. The van der Waals surface area contributed by atoms with Crippen molar-refractivity contribution in [1.82, 2.24) is 4.90 Å². The maximum absolute atomic E-state index is 13.7. The van der Waals surface area contributed by atoms with Crippen molar-refractivity contribution in [3.63, 3.8) is 0 Å². The summed E-state index contributed by atoms with van der Waals surface area (Å²) in [4.78, 5) is 14.0. The number of carboxylic acids is 1. The minimum atomic E-state index is -4.55. The van der Waals surface area contributed by atoms with Crippen molar-refractivity contribution in [3.05, 3.63) is 136 Å². The van der Waals surface area contributed by atoms with Gasteiger partial charge in [0.2, 0.25) is 0 Å². The molecule has 0 heterocycles. The Morgan fingerprint density at radius 3 is 2.02 bits per heavy atom. The second kappa shape index (κ2) is 17.4. The molecule has 0 saturated carbocycles. The van der Waals surface area contributed by atoms with Gasteiger partial charge in [0, 0.05) is 25.6 Å². The van der Waals surface area contributed by atoms with Crippen LogP contribution in [0.25, 0.3) is 0 Å². The SMILES string of the molecule is CC(C)C[C@H](C(=O)O)c1cccc(OCCCN(Cc2cccc(C(F)(F)F)c2Cl)CC(c2ccccc2)c2ccccc2)c1.Cl. The van der Waals surface area contributed by atoms with Crippen molar-refractivity contribution in [2.75, 3.05) is 19.7 Å². The molecule has 46 heavy (non-hydrogen) atoms. The molecule has 4 aromatic rings. The van der Waals surface area contributed by atoms with Crippen LogP contribution in [0.2, 0.25) is 5.02 Å². The summed E-state index contributed by atoms with van der Waals surface area (Å²) in [6.45, 7) is 5.64. The van der Waals surface area contributed by atoms with Gasteiger partial charge in [-0.25, -0.2) is 0 Å². The zero-order valence-electron chi connectivity index (χ0n) is 25.9. The van der Waals surface area contributed by atoms with Crippen molar-refractivity contribution in [1.29, 1.82) is 0 Å². The van der Waals surface area contributed by atoms with Gasteiger partial charge in [-0.05, 0) is 59.2 Å². The van der Waals surface area contributed by atoms with E-state index in [1.807, 2.05) is 56.3 Å². The molecule has 0 saturated heterocycles. The number of carboxylic acid groups (broad SMARTS) is 1. The Kier molecular flexibility index (Phi) is 14.0. The van der Waals surface area contributed by atoms with E-state index in [9.17, 15) is 23.1 Å². The molecule has 9 heteroatoms. The van der Waals surface area contributed by atoms with Gasteiger partial charge in [0.05, 0.1) is 23.1 Å². The first kappa shape index (κ1) is 36.9. The Morgan fingerprint density at radius 1 is 0.870 bits per heavy atom. The monoisotopic (exact) mass is 673 g/mol. The molecule has 1 atom stereocenters. The summed E-state index contributed by atoms with van der Waals surface area (Å²) >= 11 is 6.33. The second-order valence-corrected chi connectivity index (χ2v) is 12.1. The van der Waals surface area contributed by atoms with Crippen molar-refractivity contribution < 1.29 is 27.8 Å². The Hall–Kier alpha value is -3.52. The number of nitrogens with zero attached hydrogens (tertiary/aromatic N) is 1. The smallest absolute Gasteiger partial charge is 0.417 e. The lowest BCUT2D eigenvalue weighted by Crippen LogP contribution is -2.31. The molecule has 0 unspecified atom stereocenters. The van der Waals surface area contributed by atoms with Gasteiger partial charge in [0.15, 0.2) is 0 Å². The first-order valence-corrected chi connectivity index (χ1v) is 15.5. The van der Waals surface area contributed by atoms with Crippen LogP contribution in [0.1, 0.15) is 66.3 Å². The van der Waals surface area contributed by atoms with Crippen LogP contribution in [-0.4, -0.2) is 35.7 Å². The summed E-state index contributed by atoms with van der Waals surface area (Å²) in [6, 6.07) is 31.3. The third kappa shape index (κ3) is 10.5. The molecule has 4 rings (SSSR count). The van der Waals surface area contributed by atoms with Crippen LogP contribution in [-0.2, 0) is 17.5 Å². The molecule has 0 bridgehead atoms. The number of rotatable bonds is 15. The molecular formula is C37H40Cl2F3NO3. The van der Waals surface area contributed by atoms with E-state index in [0.717, 1.165) is 17.2 Å². The molecule has 0 spiro atoms. The summed E-state index contributed by atoms with van der Waals surface area (Å²) in [5, 5.41) is 9.48. The standard InChI is InChI=1S/C37H39ClF3NO3.ClH/c1-26(2)22-32(36(43)44)29-16-9-18-31(23-29)45-21-11-20-42(24-30-17-10-19-34(35(30)38)37(39,40)41)25-33(27-12-5-3-6-13-27)28-14-7-4-8-15-28;/h3-10,12-19,23,26,32-33H,11,20-22,24-25H2,1-2H3,(H,43,44);1H/t32-;/m0./s1. The average Bonchev–Trinajstić information content (AvgIpc) is 3.01. The Balaban J connectivity index is 0.00000576. The molecule has 0 fully saturated rings. The van der Waals surface area contributed by atoms with Gasteiger partial charge in [-0.3, -0.25) is 9.69 Å². The van der Waals surface area contributed by atoms with E-state index in [0.29, 0.717) is 49.4 Å². The van der Waals surface area contributed by atoms with Crippen molar-refractivity contribution in [2.45, 2.75) is 51.2 Å². The van der Waals surface area contributed by atoms with E-state index < -0.39 is 23.6 Å². The number of ether oxygens (including phenoxy) is 1. The number of halogens is 5. The van der Waals surface area contributed by atoms with E-state index >= 15 is 0 Å². The zero-order chi connectivity index (χ0) is 32.4. The molecule has 0 radical (unpaired) electrons. The maximum atomic E-state index is 13.7. The first-order valence-electron chi connectivity index (χ1n) is 15.1. The lowest BCUT2D eigenvalue weighted by Gasteiger charge is -2.29. The first-order chi connectivity index (χ1) is 21.5. The van der Waals surface area contributed by atoms with Crippen LogP contribution in [0.5, 0.6) is 5.75 Å². The van der Waals surface area contributed by atoms with Crippen LogP contribution in [0.15, 0.2) is 103 Å². The molecule has 0 aliphatic rings. The maximum Gasteiger partial charge on any atom is 0.417 e. The number of alkyl halides is 3. The molecule has 0 aromatic heterocycles. The quantitative estimate of drug-likeness (QED) is 0.128. The van der Waals surface area contributed by atoms with Crippen molar-refractivity contribution >= 4 is 30.0 Å². The summed E-state index contributed by atoms with van der Waals surface area (Å²) in [5.41, 5.74) is 2.47. The summed E-state index contributed by atoms with van der Waals surface area (Å²) in [5.74, 6) is -0.696. The van der Waals surface area contributed by atoms with E-state index in [2.05, 4.69) is 29.2 Å². The second-order valence-electron chi connectivity index (χ2n) is 11.7. The molecule has 4 nitrogen and oxygen atoms in total. The summed E-state index contributed by atoms with van der Waals surface area (Å²) in [7, 11) is 0.